The Balaban J connectivity index is 1.83. The first kappa shape index (κ1) is 30.8. The van der Waals surface area contributed by atoms with Crippen LogP contribution in [0.4, 0.5) is 33.3 Å². The zero-order chi connectivity index (χ0) is 28.9. The van der Waals surface area contributed by atoms with Crippen LogP contribution in [0.2, 0.25) is 10.0 Å². The first-order chi connectivity index (χ1) is 18.3. The van der Waals surface area contributed by atoms with E-state index < -0.39 is 60.8 Å². The Bertz CT molecular complexity index is 1210. The van der Waals surface area contributed by atoms with Gasteiger partial charge >= 0.3 is 6.18 Å². The Morgan fingerprint density at radius 1 is 1.08 bits per heavy atom. The van der Waals surface area contributed by atoms with E-state index in [-0.39, 0.29) is 27.8 Å². The second-order valence-corrected chi connectivity index (χ2v) is 9.65. The third-order valence-electron chi connectivity index (χ3n) is 6.20. The predicted molar refractivity (Wildman–Crippen MR) is 137 cm³/mol. The normalized spacial score (nSPS) is 15.3. The molecule has 39 heavy (non-hydrogen) atoms. The van der Waals surface area contributed by atoms with Crippen LogP contribution in [0.3, 0.4) is 0 Å². The quantitative estimate of drug-likeness (QED) is 0.312. The van der Waals surface area contributed by atoms with Gasteiger partial charge in [0.05, 0.1) is 34.4 Å². The molecule has 0 bridgehead atoms. The van der Waals surface area contributed by atoms with Gasteiger partial charge < -0.3 is 21.1 Å². The molecule has 2 aromatic carbocycles. The minimum Gasteiger partial charge on any atom is -0.394 e. The Morgan fingerprint density at radius 2 is 1.72 bits per heavy atom. The van der Waals surface area contributed by atoms with Crippen LogP contribution in [-0.4, -0.2) is 73.4 Å². The number of aliphatic hydroxyl groups excluding tert-OH is 1. The summed E-state index contributed by atoms with van der Waals surface area (Å²) in [4.78, 5) is 28.1. The third kappa shape index (κ3) is 8.15. The molecule has 0 aliphatic carbocycles. The fraction of sp³-hybridized carbons (Fsp3) is 0.417. The van der Waals surface area contributed by atoms with E-state index in [0.29, 0.717) is 31.9 Å². The second-order valence-electron chi connectivity index (χ2n) is 8.84. The van der Waals surface area contributed by atoms with Gasteiger partial charge in [0.1, 0.15) is 6.04 Å². The van der Waals surface area contributed by atoms with Gasteiger partial charge in [0, 0.05) is 50.4 Å². The number of hydrogen-bond acceptors (Lipinski definition) is 6. The van der Waals surface area contributed by atoms with E-state index in [1.54, 1.807) is 4.90 Å². The molecule has 1 unspecified atom stereocenters. The number of alkyl halides is 3. The Hall–Kier alpha value is -2.71. The number of amides is 2. The van der Waals surface area contributed by atoms with Crippen molar-refractivity contribution in [2.45, 2.75) is 25.2 Å². The summed E-state index contributed by atoms with van der Waals surface area (Å²) in [5, 5.41) is 14.6. The highest BCUT2D eigenvalue weighted by molar-refractivity contribution is 6.42. The Kier molecular flexibility index (Phi) is 10.4. The molecule has 0 spiro atoms. The highest BCUT2D eigenvalue weighted by Crippen LogP contribution is 2.36. The number of benzene rings is 2. The van der Waals surface area contributed by atoms with Crippen LogP contribution in [0.1, 0.15) is 22.3 Å². The average Bonchev–Trinajstić information content (AvgIpc) is 2.87. The van der Waals surface area contributed by atoms with Crippen LogP contribution < -0.4 is 21.3 Å². The topological polar surface area (TPSA) is 111 Å². The van der Waals surface area contributed by atoms with Gasteiger partial charge in [-0.15, -0.1) is 0 Å². The molecule has 1 heterocycles. The molecule has 1 saturated heterocycles. The summed E-state index contributed by atoms with van der Waals surface area (Å²) in [5.41, 5.74) is 5.09. The maximum Gasteiger partial charge on any atom is 0.390 e. The summed E-state index contributed by atoms with van der Waals surface area (Å²) in [6.45, 7) is -0.0345. The van der Waals surface area contributed by atoms with Crippen LogP contribution in [0.5, 0.6) is 0 Å². The Labute approximate surface area is 230 Å². The molecule has 1 aliphatic rings. The van der Waals surface area contributed by atoms with Gasteiger partial charge in [-0.25, -0.2) is 8.78 Å². The van der Waals surface area contributed by atoms with Crippen molar-refractivity contribution >= 4 is 46.4 Å². The lowest BCUT2D eigenvalue weighted by atomic mass is 10.0. The fourth-order valence-corrected chi connectivity index (χ4v) is 4.37. The van der Waals surface area contributed by atoms with Crippen LogP contribution in [0, 0.1) is 11.6 Å². The van der Waals surface area contributed by atoms with E-state index in [4.69, 9.17) is 28.9 Å². The van der Waals surface area contributed by atoms with E-state index in [1.807, 2.05) is 4.90 Å². The van der Waals surface area contributed by atoms with Crippen molar-refractivity contribution in [3.05, 3.63) is 57.1 Å². The fourth-order valence-electron chi connectivity index (χ4n) is 4.04. The van der Waals surface area contributed by atoms with Crippen molar-refractivity contribution < 1.29 is 36.6 Å². The minimum absolute atomic E-state index is 0.0963. The van der Waals surface area contributed by atoms with Crippen molar-refractivity contribution in [3.8, 4) is 0 Å². The van der Waals surface area contributed by atoms with Gasteiger partial charge in [-0.2, -0.15) is 13.2 Å². The van der Waals surface area contributed by atoms with Crippen LogP contribution in [-0.2, 0) is 11.3 Å². The van der Waals surface area contributed by atoms with E-state index in [2.05, 4.69) is 10.6 Å². The van der Waals surface area contributed by atoms with Gasteiger partial charge in [-0.3, -0.25) is 19.8 Å². The lowest BCUT2D eigenvalue weighted by molar-refractivity contribution is -0.138. The summed E-state index contributed by atoms with van der Waals surface area (Å²) in [5.74, 6) is -4.34. The molecule has 1 atom stereocenters. The number of piperazine rings is 1. The first-order valence-corrected chi connectivity index (χ1v) is 12.5. The van der Waals surface area contributed by atoms with Crippen LogP contribution >= 0.6 is 23.2 Å². The number of nitrogens with two attached hydrogens (primary N) is 1. The van der Waals surface area contributed by atoms with Gasteiger partial charge in [0.2, 0.25) is 5.91 Å². The largest absolute Gasteiger partial charge is 0.394 e. The third-order valence-corrected chi connectivity index (χ3v) is 6.93. The summed E-state index contributed by atoms with van der Waals surface area (Å²) in [7, 11) is 0. The number of rotatable bonds is 10. The summed E-state index contributed by atoms with van der Waals surface area (Å²) in [6.07, 6.45) is -5.18. The van der Waals surface area contributed by atoms with Gasteiger partial charge in [0.15, 0.2) is 11.6 Å². The zero-order valence-electron chi connectivity index (χ0n) is 20.4. The molecule has 0 saturated carbocycles. The summed E-state index contributed by atoms with van der Waals surface area (Å²) >= 11 is 12.4. The van der Waals surface area contributed by atoms with Gasteiger partial charge in [0.25, 0.3) is 5.91 Å². The molecular formula is C24H26Cl2F5N5O3. The number of anilines is 2. The molecule has 214 valence electrons. The summed E-state index contributed by atoms with van der Waals surface area (Å²) < 4.78 is 66.4. The van der Waals surface area contributed by atoms with E-state index in [0.717, 1.165) is 12.1 Å². The number of hydrogen-bond donors (Lipinski definition) is 4. The van der Waals surface area contributed by atoms with Gasteiger partial charge in [-0.05, 0) is 24.3 Å². The van der Waals surface area contributed by atoms with Crippen LogP contribution in [0.15, 0.2) is 24.3 Å². The molecule has 2 aromatic rings. The highest BCUT2D eigenvalue weighted by Gasteiger charge is 2.29. The number of primary amides is 1. The van der Waals surface area contributed by atoms with E-state index in [9.17, 15) is 36.6 Å². The van der Waals surface area contributed by atoms with Crippen molar-refractivity contribution in [2.24, 2.45) is 5.73 Å². The molecule has 0 aromatic heterocycles. The minimum atomic E-state index is -4.26. The van der Waals surface area contributed by atoms with E-state index >= 15 is 0 Å². The average molecular weight is 598 g/mol. The smallest absolute Gasteiger partial charge is 0.390 e. The van der Waals surface area contributed by atoms with Crippen molar-refractivity contribution in [1.82, 2.24) is 10.2 Å². The number of nitrogens with one attached hydrogen (secondary N) is 2. The van der Waals surface area contributed by atoms with Crippen molar-refractivity contribution in [3.63, 3.8) is 0 Å². The molecule has 8 nitrogen and oxygen atoms in total. The lowest BCUT2D eigenvalue weighted by Crippen LogP contribution is -2.47. The molecule has 2 amide bonds. The number of halogens is 7. The number of nitrogens with zero attached hydrogens (tertiary/aromatic N) is 2. The van der Waals surface area contributed by atoms with E-state index in [1.165, 1.54) is 12.1 Å². The second kappa shape index (κ2) is 13.1. The number of aliphatic hydroxyl groups is 1. The van der Waals surface area contributed by atoms with Crippen LogP contribution in [0.25, 0.3) is 0 Å². The first-order valence-electron chi connectivity index (χ1n) is 11.8. The predicted octanol–water partition coefficient (Wildman–Crippen LogP) is 3.53. The molecule has 1 aliphatic heterocycles. The zero-order valence-corrected chi connectivity index (χ0v) is 21.9. The lowest BCUT2D eigenvalue weighted by Gasteiger charge is -2.37. The molecule has 15 heteroatoms. The maximum atomic E-state index is 14.7. The maximum absolute atomic E-state index is 14.7. The van der Waals surface area contributed by atoms with Gasteiger partial charge in [-0.1, -0.05) is 23.2 Å². The molecule has 1 fully saturated rings. The SMILES string of the molecule is NC(=O)C(CO)NCc1c(C(=O)Nc2cc(Cl)c(Cl)cc2N2CCN(CCC(F)(F)F)CC2)ccc(F)c1F. The van der Waals surface area contributed by atoms with Crippen molar-refractivity contribution in [2.75, 3.05) is 49.5 Å². The molecule has 3 rings (SSSR count). The number of carbonyl (C=O) groups is 2. The number of carbonyl (C=O) groups excluding carboxylic acids is 2. The molecule has 5 N–H and O–H groups in total. The molecule has 0 radical (unpaired) electrons. The Morgan fingerprint density at radius 3 is 2.31 bits per heavy atom. The van der Waals surface area contributed by atoms with Crippen molar-refractivity contribution in [1.29, 1.82) is 0 Å². The molecular weight excluding hydrogens is 572 g/mol. The monoisotopic (exact) mass is 597 g/mol. The highest BCUT2D eigenvalue weighted by atomic mass is 35.5. The standard InChI is InChI=1S/C24H26Cl2F5N5O3/c25-15-9-18(20(10-16(15)26)36-7-5-35(6-8-36)4-3-24(29,30)31)34-23(39)13-1-2-17(27)21(28)14(13)11-33-19(12-37)22(32)38/h1-2,9-10,19,33,37H,3-8,11-12H2,(H2,32,38)(H,34,39). The summed E-state index contributed by atoms with van der Waals surface area (Å²) in [6, 6.07) is 3.43.